The third-order valence-electron chi connectivity index (χ3n) is 2.32. The van der Waals surface area contributed by atoms with Crippen LogP contribution >= 0.6 is 0 Å². The van der Waals surface area contributed by atoms with Crippen molar-refractivity contribution in [3.05, 3.63) is 18.0 Å². The van der Waals surface area contributed by atoms with Crippen LogP contribution in [0.15, 0.2) is 12.4 Å². The predicted octanol–water partition coefficient (Wildman–Crippen LogP) is -0.152. The van der Waals surface area contributed by atoms with Crippen LogP contribution in [0.5, 0.6) is 0 Å². The van der Waals surface area contributed by atoms with E-state index < -0.39 is 10.0 Å². The van der Waals surface area contributed by atoms with Gasteiger partial charge < -0.3 is 5.32 Å². The summed E-state index contributed by atoms with van der Waals surface area (Å²) >= 11 is 0. The zero-order valence-corrected chi connectivity index (χ0v) is 11.1. The third-order valence-corrected chi connectivity index (χ3v) is 3.18. The van der Waals surface area contributed by atoms with E-state index in [1.54, 1.807) is 0 Å². The van der Waals surface area contributed by atoms with Gasteiger partial charge in [-0.15, -0.1) is 0 Å². The number of rotatable bonds is 7. The average molecular weight is 260 g/mol. The Balaban J connectivity index is 2.20. The number of hydrogen-bond donors (Lipinski definition) is 2. The fourth-order valence-corrected chi connectivity index (χ4v) is 2.08. The minimum absolute atomic E-state index is 0.0214. The summed E-state index contributed by atoms with van der Waals surface area (Å²) in [6, 6.07) is 0.245. The molecule has 0 fully saturated rings. The quantitative estimate of drug-likeness (QED) is 0.667. The van der Waals surface area contributed by atoms with Crippen LogP contribution in [0.25, 0.3) is 0 Å². The van der Waals surface area contributed by atoms with Crippen LogP contribution in [0.2, 0.25) is 0 Å². The monoisotopic (exact) mass is 260 g/mol. The Kier molecular flexibility index (Phi) is 5.10. The molecule has 7 heteroatoms. The molecule has 1 atom stereocenters. The van der Waals surface area contributed by atoms with Crippen molar-refractivity contribution >= 4 is 10.0 Å². The molecule has 3 N–H and O–H groups in total. The van der Waals surface area contributed by atoms with Gasteiger partial charge in [0.25, 0.3) is 0 Å². The summed E-state index contributed by atoms with van der Waals surface area (Å²) in [6.45, 7) is 5.43. The highest BCUT2D eigenvalue weighted by atomic mass is 32.2. The number of nitrogens with zero attached hydrogens (tertiary/aromatic N) is 2. The first-order valence-corrected chi connectivity index (χ1v) is 7.31. The van der Waals surface area contributed by atoms with Gasteiger partial charge in [-0.2, -0.15) is 5.10 Å². The minimum atomic E-state index is -3.34. The number of primary sulfonamides is 1. The summed E-state index contributed by atoms with van der Waals surface area (Å²) in [4.78, 5) is 0. The third kappa shape index (κ3) is 6.40. The van der Waals surface area contributed by atoms with Gasteiger partial charge in [0.05, 0.1) is 18.5 Å². The Morgan fingerprint density at radius 1 is 1.59 bits per heavy atom. The number of aryl methyl sites for hydroxylation is 1. The second-order valence-electron chi connectivity index (χ2n) is 4.32. The van der Waals surface area contributed by atoms with Crippen LogP contribution in [0, 0.1) is 6.92 Å². The number of aromatic nitrogens is 2. The molecule has 17 heavy (non-hydrogen) atoms. The van der Waals surface area contributed by atoms with Gasteiger partial charge in [0, 0.05) is 12.2 Å². The van der Waals surface area contributed by atoms with Crippen molar-refractivity contribution < 1.29 is 8.42 Å². The Bertz CT molecular complexity index is 441. The number of nitrogens with one attached hydrogen (secondary N) is 1. The van der Waals surface area contributed by atoms with Gasteiger partial charge in [0.1, 0.15) is 0 Å². The van der Waals surface area contributed by atoms with Crippen molar-refractivity contribution in [2.24, 2.45) is 5.14 Å². The Morgan fingerprint density at radius 2 is 2.29 bits per heavy atom. The molecule has 0 aliphatic carbocycles. The topological polar surface area (TPSA) is 90.0 Å². The maximum Gasteiger partial charge on any atom is 0.209 e. The smallest absolute Gasteiger partial charge is 0.209 e. The minimum Gasteiger partial charge on any atom is -0.312 e. The van der Waals surface area contributed by atoms with Gasteiger partial charge in [0.15, 0.2) is 0 Å². The second-order valence-corrected chi connectivity index (χ2v) is 6.05. The summed E-state index contributed by atoms with van der Waals surface area (Å²) in [7, 11) is -3.34. The van der Waals surface area contributed by atoms with Gasteiger partial charge in [-0.05, 0) is 32.4 Å². The van der Waals surface area contributed by atoms with Gasteiger partial charge in [-0.25, -0.2) is 13.6 Å². The van der Waals surface area contributed by atoms with E-state index in [1.165, 1.54) is 0 Å². The summed E-state index contributed by atoms with van der Waals surface area (Å²) in [5.41, 5.74) is 1.13. The molecule has 1 rings (SSSR count). The molecular weight excluding hydrogens is 240 g/mol. The van der Waals surface area contributed by atoms with Crippen molar-refractivity contribution in [3.8, 4) is 0 Å². The summed E-state index contributed by atoms with van der Waals surface area (Å²) in [5, 5.41) is 12.3. The normalized spacial score (nSPS) is 13.8. The molecule has 6 nitrogen and oxygen atoms in total. The summed E-state index contributed by atoms with van der Waals surface area (Å²) < 4.78 is 23.3. The number of nitrogens with two attached hydrogens (primary N) is 1. The van der Waals surface area contributed by atoms with E-state index in [4.69, 9.17) is 5.14 Å². The van der Waals surface area contributed by atoms with E-state index in [-0.39, 0.29) is 11.8 Å². The molecule has 1 aromatic rings. The second kappa shape index (κ2) is 6.13. The molecule has 1 heterocycles. The first-order chi connectivity index (χ1) is 7.87. The molecule has 0 aliphatic rings. The maximum absolute atomic E-state index is 10.7. The van der Waals surface area contributed by atoms with Crippen LogP contribution in [0.1, 0.15) is 18.9 Å². The molecule has 0 bridgehead atoms. The SMILES string of the molecule is Cc1cnn(CC(C)NCCCS(N)(=O)=O)c1. The lowest BCUT2D eigenvalue weighted by atomic mass is 10.3. The molecule has 0 saturated carbocycles. The van der Waals surface area contributed by atoms with E-state index in [9.17, 15) is 8.42 Å². The van der Waals surface area contributed by atoms with Gasteiger partial charge in [-0.1, -0.05) is 0 Å². The molecule has 0 spiro atoms. The van der Waals surface area contributed by atoms with Crippen LogP contribution in [0.4, 0.5) is 0 Å². The fraction of sp³-hybridized carbons (Fsp3) is 0.700. The molecule has 0 radical (unpaired) electrons. The van der Waals surface area contributed by atoms with Gasteiger partial charge in [0.2, 0.25) is 10.0 Å². The standard InChI is InChI=1S/C10H20N4O2S/c1-9-6-13-14(7-9)8-10(2)12-4-3-5-17(11,15)16/h6-7,10,12H,3-5,8H2,1-2H3,(H2,11,15,16). The highest BCUT2D eigenvalue weighted by molar-refractivity contribution is 7.89. The first-order valence-electron chi connectivity index (χ1n) is 5.60. The summed E-state index contributed by atoms with van der Waals surface area (Å²) in [6.07, 6.45) is 4.32. The zero-order chi connectivity index (χ0) is 12.9. The van der Waals surface area contributed by atoms with Crippen LogP contribution in [-0.2, 0) is 16.6 Å². The van der Waals surface area contributed by atoms with Crippen molar-refractivity contribution in [1.29, 1.82) is 0 Å². The van der Waals surface area contributed by atoms with Crippen LogP contribution in [-0.4, -0.2) is 36.5 Å². The number of sulfonamides is 1. The summed E-state index contributed by atoms with van der Waals surface area (Å²) in [5.74, 6) is 0.0214. The fourth-order valence-electron chi connectivity index (χ4n) is 1.53. The lowest BCUT2D eigenvalue weighted by Gasteiger charge is -2.13. The largest absolute Gasteiger partial charge is 0.312 e. The number of hydrogen-bond acceptors (Lipinski definition) is 4. The van der Waals surface area contributed by atoms with E-state index in [0.29, 0.717) is 13.0 Å². The van der Waals surface area contributed by atoms with Crippen molar-refractivity contribution in [1.82, 2.24) is 15.1 Å². The molecule has 0 amide bonds. The molecule has 0 saturated heterocycles. The van der Waals surface area contributed by atoms with Crippen LogP contribution < -0.4 is 10.5 Å². The molecule has 1 unspecified atom stereocenters. The Morgan fingerprint density at radius 3 is 2.82 bits per heavy atom. The van der Waals surface area contributed by atoms with Gasteiger partial charge in [-0.3, -0.25) is 4.68 Å². The molecule has 0 aliphatic heterocycles. The van der Waals surface area contributed by atoms with E-state index in [2.05, 4.69) is 10.4 Å². The highest BCUT2D eigenvalue weighted by Gasteiger charge is 2.05. The maximum atomic E-state index is 10.7. The van der Waals surface area contributed by atoms with Crippen molar-refractivity contribution in [3.63, 3.8) is 0 Å². The highest BCUT2D eigenvalue weighted by Crippen LogP contribution is 1.96. The predicted molar refractivity (Wildman–Crippen MR) is 67.0 cm³/mol. The van der Waals surface area contributed by atoms with Crippen molar-refractivity contribution in [2.45, 2.75) is 32.9 Å². The lowest BCUT2D eigenvalue weighted by molar-refractivity contribution is 0.451. The first kappa shape index (κ1) is 14.1. The van der Waals surface area contributed by atoms with E-state index >= 15 is 0 Å². The molecular formula is C10H20N4O2S. The van der Waals surface area contributed by atoms with Crippen LogP contribution in [0.3, 0.4) is 0 Å². The van der Waals surface area contributed by atoms with Crippen molar-refractivity contribution in [2.75, 3.05) is 12.3 Å². The van der Waals surface area contributed by atoms with E-state index in [1.807, 2.05) is 30.9 Å². The Labute approximate surface area is 102 Å². The molecule has 0 aromatic carbocycles. The lowest BCUT2D eigenvalue weighted by Crippen LogP contribution is -2.32. The molecule has 1 aromatic heterocycles. The Hall–Kier alpha value is -0.920. The van der Waals surface area contributed by atoms with E-state index in [0.717, 1.165) is 12.1 Å². The molecule has 98 valence electrons. The average Bonchev–Trinajstić information content (AvgIpc) is 2.57. The zero-order valence-electron chi connectivity index (χ0n) is 10.3. The van der Waals surface area contributed by atoms with Gasteiger partial charge >= 0.3 is 0 Å².